The molecule has 0 unspecified atom stereocenters. The summed E-state index contributed by atoms with van der Waals surface area (Å²) in [5, 5.41) is 5.45. The van der Waals surface area contributed by atoms with Crippen molar-refractivity contribution in [2.45, 2.75) is 4.90 Å². The summed E-state index contributed by atoms with van der Waals surface area (Å²) in [6, 6.07) is 17.4. The minimum atomic E-state index is -3.78. The highest BCUT2D eigenvalue weighted by atomic mass is 35.5. The molecule has 4 aromatic rings. The van der Waals surface area contributed by atoms with Gasteiger partial charge in [-0.3, -0.25) is 14.8 Å². The summed E-state index contributed by atoms with van der Waals surface area (Å²) >= 11 is 7.10. The number of hydrogen-bond donors (Lipinski definition) is 2. The van der Waals surface area contributed by atoms with Gasteiger partial charge in [-0.25, -0.2) is 13.4 Å². The van der Waals surface area contributed by atoms with Crippen molar-refractivity contribution >= 4 is 49.7 Å². The van der Waals surface area contributed by atoms with E-state index >= 15 is 0 Å². The second-order valence-electron chi connectivity index (χ2n) is 7.20. The van der Waals surface area contributed by atoms with Gasteiger partial charge in [0.15, 0.2) is 16.6 Å². The van der Waals surface area contributed by atoms with Gasteiger partial charge in [-0.05, 0) is 66.7 Å². The van der Waals surface area contributed by atoms with Gasteiger partial charge in [0.05, 0.1) is 24.8 Å². The molecule has 1 aromatic heterocycles. The van der Waals surface area contributed by atoms with E-state index in [0.717, 1.165) is 5.56 Å². The van der Waals surface area contributed by atoms with Gasteiger partial charge >= 0.3 is 0 Å². The number of sulfonamides is 1. The van der Waals surface area contributed by atoms with Gasteiger partial charge in [-0.2, -0.15) is 0 Å². The first-order valence-corrected chi connectivity index (χ1v) is 12.9. The van der Waals surface area contributed by atoms with Crippen LogP contribution in [0.25, 0.3) is 11.3 Å². The number of nitrogens with zero attached hydrogens (tertiary/aromatic N) is 1. The van der Waals surface area contributed by atoms with E-state index in [1.54, 1.807) is 20.3 Å². The molecular formula is C24H20ClN3O5S2. The number of aromatic nitrogens is 1. The van der Waals surface area contributed by atoms with Crippen molar-refractivity contribution in [2.75, 3.05) is 24.3 Å². The fourth-order valence-corrected chi connectivity index (χ4v) is 5.05. The molecule has 0 atom stereocenters. The lowest BCUT2D eigenvalue weighted by molar-refractivity contribution is 0.102. The number of amides is 1. The number of anilines is 2. The average Bonchev–Trinajstić information content (AvgIpc) is 3.32. The molecule has 3 aromatic carbocycles. The second-order valence-corrected chi connectivity index (χ2v) is 10.2. The Hall–Kier alpha value is -3.60. The normalized spacial score (nSPS) is 11.1. The Morgan fingerprint density at radius 2 is 1.63 bits per heavy atom. The molecule has 1 heterocycles. The predicted molar refractivity (Wildman–Crippen MR) is 137 cm³/mol. The Kier molecular flexibility index (Phi) is 7.25. The molecule has 0 aliphatic carbocycles. The molecule has 1 amide bonds. The van der Waals surface area contributed by atoms with E-state index in [1.807, 2.05) is 17.5 Å². The second kappa shape index (κ2) is 10.3. The van der Waals surface area contributed by atoms with Crippen LogP contribution < -0.4 is 19.5 Å². The molecule has 0 radical (unpaired) electrons. The van der Waals surface area contributed by atoms with Gasteiger partial charge in [-0.1, -0.05) is 11.6 Å². The maximum Gasteiger partial charge on any atom is 0.261 e. The summed E-state index contributed by atoms with van der Waals surface area (Å²) in [4.78, 5) is 17.2. The summed E-state index contributed by atoms with van der Waals surface area (Å²) in [6.45, 7) is 0. The highest BCUT2D eigenvalue weighted by Crippen LogP contribution is 2.33. The van der Waals surface area contributed by atoms with E-state index in [9.17, 15) is 13.2 Å². The molecule has 0 aliphatic heterocycles. The molecule has 0 aliphatic rings. The Morgan fingerprint density at radius 1 is 0.943 bits per heavy atom. The first kappa shape index (κ1) is 24.5. The summed E-state index contributed by atoms with van der Waals surface area (Å²) in [6.07, 6.45) is 0. The third-order valence-corrected chi connectivity index (χ3v) is 7.33. The van der Waals surface area contributed by atoms with Gasteiger partial charge in [0, 0.05) is 27.2 Å². The van der Waals surface area contributed by atoms with Crippen molar-refractivity contribution in [3.8, 4) is 22.8 Å². The van der Waals surface area contributed by atoms with E-state index in [0.29, 0.717) is 38.6 Å². The van der Waals surface area contributed by atoms with Gasteiger partial charge < -0.3 is 9.47 Å². The Bertz CT molecular complexity index is 1450. The topological polar surface area (TPSA) is 107 Å². The lowest BCUT2D eigenvalue weighted by Crippen LogP contribution is -2.14. The highest BCUT2D eigenvalue weighted by molar-refractivity contribution is 7.92. The molecule has 0 bridgehead atoms. The maximum atomic E-state index is 12.7. The Balaban J connectivity index is 1.43. The van der Waals surface area contributed by atoms with Gasteiger partial charge in [-0.15, -0.1) is 11.3 Å². The zero-order valence-electron chi connectivity index (χ0n) is 18.6. The molecule has 4 rings (SSSR count). The molecule has 0 spiro atoms. The number of ether oxygens (including phenoxy) is 2. The maximum absolute atomic E-state index is 12.7. The summed E-state index contributed by atoms with van der Waals surface area (Å²) in [5.41, 5.74) is 2.17. The van der Waals surface area contributed by atoms with Crippen LogP contribution in [0.4, 0.5) is 10.8 Å². The lowest BCUT2D eigenvalue weighted by Gasteiger charge is -2.09. The van der Waals surface area contributed by atoms with E-state index < -0.39 is 10.0 Å². The molecule has 0 saturated carbocycles. The minimum Gasteiger partial charge on any atom is -0.493 e. The number of benzene rings is 3. The van der Waals surface area contributed by atoms with E-state index in [2.05, 4.69) is 15.0 Å². The summed E-state index contributed by atoms with van der Waals surface area (Å²) in [7, 11) is -0.657. The van der Waals surface area contributed by atoms with Crippen LogP contribution in [0.15, 0.2) is 77.0 Å². The predicted octanol–water partition coefficient (Wildman–Crippen LogP) is 5.53. The number of carbonyl (C=O) groups excluding carboxylic acids is 1. The van der Waals surface area contributed by atoms with Crippen LogP contribution in [0.2, 0.25) is 5.02 Å². The number of carbonyl (C=O) groups is 1. The van der Waals surface area contributed by atoms with E-state index in [4.69, 9.17) is 21.1 Å². The van der Waals surface area contributed by atoms with Gasteiger partial charge in [0.2, 0.25) is 0 Å². The molecule has 35 heavy (non-hydrogen) atoms. The van der Waals surface area contributed by atoms with E-state index in [-0.39, 0.29) is 10.8 Å². The molecular weight excluding hydrogens is 510 g/mol. The third-order valence-electron chi connectivity index (χ3n) is 4.93. The van der Waals surface area contributed by atoms with Crippen LogP contribution in [-0.4, -0.2) is 33.5 Å². The minimum absolute atomic E-state index is 0.0813. The molecule has 180 valence electrons. The molecule has 0 fully saturated rings. The first-order valence-electron chi connectivity index (χ1n) is 10.2. The average molecular weight is 530 g/mol. The lowest BCUT2D eigenvalue weighted by atomic mass is 10.1. The van der Waals surface area contributed by atoms with Crippen molar-refractivity contribution in [3.05, 3.63) is 82.7 Å². The van der Waals surface area contributed by atoms with Crippen LogP contribution in [0.3, 0.4) is 0 Å². The Morgan fingerprint density at radius 3 is 2.29 bits per heavy atom. The molecule has 11 heteroatoms. The SMILES string of the molecule is COc1ccc(-c2csc(NC(=O)c3ccc(NS(=O)(=O)c4ccc(Cl)cc4)cc3)n2)cc1OC. The fraction of sp³-hybridized carbons (Fsp3) is 0.0833. The number of halogens is 1. The van der Waals surface area contributed by atoms with Crippen LogP contribution in [0, 0.1) is 0 Å². The fourth-order valence-electron chi connectivity index (χ4n) is 3.15. The Labute approximate surface area is 211 Å². The van der Waals surface area contributed by atoms with Gasteiger partial charge in [0.25, 0.3) is 15.9 Å². The van der Waals surface area contributed by atoms with Crippen molar-refractivity contribution in [1.29, 1.82) is 0 Å². The van der Waals surface area contributed by atoms with Crippen LogP contribution >= 0.6 is 22.9 Å². The third kappa shape index (κ3) is 5.73. The number of thiazole rings is 1. The summed E-state index contributed by atoms with van der Waals surface area (Å²) < 4.78 is 38.1. The van der Waals surface area contributed by atoms with Crippen molar-refractivity contribution in [2.24, 2.45) is 0 Å². The number of rotatable bonds is 8. The number of hydrogen-bond acceptors (Lipinski definition) is 7. The first-order chi connectivity index (χ1) is 16.8. The molecule has 8 nitrogen and oxygen atoms in total. The van der Waals surface area contributed by atoms with Crippen LogP contribution in [0.1, 0.15) is 10.4 Å². The zero-order chi connectivity index (χ0) is 25.0. The highest BCUT2D eigenvalue weighted by Gasteiger charge is 2.15. The molecule has 2 N–H and O–H groups in total. The smallest absolute Gasteiger partial charge is 0.261 e. The van der Waals surface area contributed by atoms with E-state index in [1.165, 1.54) is 59.9 Å². The van der Waals surface area contributed by atoms with Crippen molar-refractivity contribution in [1.82, 2.24) is 4.98 Å². The molecule has 0 saturated heterocycles. The van der Waals surface area contributed by atoms with Gasteiger partial charge in [0.1, 0.15) is 0 Å². The van der Waals surface area contributed by atoms with Crippen molar-refractivity contribution in [3.63, 3.8) is 0 Å². The summed E-state index contributed by atoms with van der Waals surface area (Å²) in [5.74, 6) is 0.819. The van der Waals surface area contributed by atoms with Crippen molar-refractivity contribution < 1.29 is 22.7 Å². The standard InChI is InChI=1S/C24H20ClN3O5S2/c1-32-21-12-5-16(13-22(21)33-2)20-14-34-24(26-20)27-23(29)15-3-8-18(9-4-15)28-35(30,31)19-10-6-17(25)7-11-19/h3-14,28H,1-2H3,(H,26,27,29). The largest absolute Gasteiger partial charge is 0.493 e. The quantitative estimate of drug-likeness (QED) is 0.310. The van der Waals surface area contributed by atoms with Crippen LogP contribution in [-0.2, 0) is 10.0 Å². The number of nitrogens with one attached hydrogen (secondary N) is 2. The zero-order valence-corrected chi connectivity index (χ0v) is 21.0. The van der Waals surface area contributed by atoms with Crippen LogP contribution in [0.5, 0.6) is 11.5 Å². The monoisotopic (exact) mass is 529 g/mol. The number of methoxy groups -OCH3 is 2.